The lowest BCUT2D eigenvalue weighted by Crippen LogP contribution is -2.54. The van der Waals surface area contributed by atoms with E-state index in [4.69, 9.17) is 4.74 Å². The second-order valence-corrected chi connectivity index (χ2v) is 9.58. The van der Waals surface area contributed by atoms with Gasteiger partial charge in [-0.25, -0.2) is 14.2 Å². The van der Waals surface area contributed by atoms with Gasteiger partial charge in [-0.3, -0.25) is 4.79 Å². The molecule has 6 nitrogen and oxygen atoms in total. The molecule has 0 bridgehead atoms. The molecule has 8 heteroatoms. The maximum Gasteiger partial charge on any atom is 0.407 e. The summed E-state index contributed by atoms with van der Waals surface area (Å²) in [5.74, 6) is -0.457. The lowest BCUT2D eigenvalue weighted by molar-refractivity contribution is -0.122. The molecule has 30 heavy (non-hydrogen) atoms. The first-order valence-electron chi connectivity index (χ1n) is 10.1. The molecule has 1 aromatic carbocycles. The number of rotatable bonds is 6. The Bertz CT molecular complexity index is 901. The third-order valence-electron chi connectivity index (χ3n) is 4.90. The van der Waals surface area contributed by atoms with Crippen molar-refractivity contribution in [3.8, 4) is 10.6 Å². The fraction of sp³-hybridized carbons (Fsp3) is 0.500. The van der Waals surface area contributed by atoms with Crippen LogP contribution in [0.25, 0.3) is 10.6 Å². The second-order valence-electron chi connectivity index (χ2n) is 8.72. The van der Waals surface area contributed by atoms with Crippen molar-refractivity contribution in [3.05, 3.63) is 41.2 Å². The molecule has 1 saturated carbocycles. The highest BCUT2D eigenvalue weighted by molar-refractivity contribution is 7.13. The Labute approximate surface area is 180 Å². The summed E-state index contributed by atoms with van der Waals surface area (Å²) in [5.41, 5.74) is 0.306. The first-order valence-corrected chi connectivity index (χ1v) is 11.0. The smallest absolute Gasteiger partial charge is 0.407 e. The number of carbonyl (C=O) groups is 2. The van der Waals surface area contributed by atoms with Crippen molar-refractivity contribution in [3.63, 3.8) is 0 Å². The minimum absolute atomic E-state index is 0.139. The molecule has 1 aliphatic rings. The summed E-state index contributed by atoms with van der Waals surface area (Å²) >= 11 is 1.38. The van der Waals surface area contributed by atoms with Crippen LogP contribution in [-0.4, -0.2) is 34.7 Å². The van der Waals surface area contributed by atoms with Gasteiger partial charge in [0.1, 0.15) is 16.4 Å². The van der Waals surface area contributed by atoms with Gasteiger partial charge < -0.3 is 15.4 Å². The molecule has 2 aromatic rings. The topological polar surface area (TPSA) is 80.3 Å². The van der Waals surface area contributed by atoms with Crippen molar-refractivity contribution in [2.75, 3.05) is 6.54 Å². The number of amides is 2. The van der Waals surface area contributed by atoms with Gasteiger partial charge in [0.2, 0.25) is 5.91 Å². The number of carbonyl (C=O) groups excluding carboxylic acids is 2. The normalized spacial score (nSPS) is 15.6. The van der Waals surface area contributed by atoms with Gasteiger partial charge in [0.05, 0.1) is 17.7 Å². The molecule has 3 rings (SSSR count). The van der Waals surface area contributed by atoms with E-state index in [0.717, 1.165) is 25.7 Å². The van der Waals surface area contributed by atoms with E-state index in [9.17, 15) is 14.0 Å². The number of nitrogens with zero attached hydrogens (tertiary/aromatic N) is 1. The first-order chi connectivity index (χ1) is 14.1. The standard InChI is InChI=1S/C22H28FN3O3S/c1-21(2,3)29-20(28)24-14-22(9-4-5-10-22)26-18(27)12-17-13-30-19(25-17)15-7-6-8-16(23)11-15/h6-8,11,13H,4-5,9-10,12,14H2,1-3H3,(H,24,28)(H,26,27). The van der Waals surface area contributed by atoms with Crippen molar-refractivity contribution >= 4 is 23.3 Å². The van der Waals surface area contributed by atoms with Gasteiger partial charge in [0, 0.05) is 17.5 Å². The van der Waals surface area contributed by atoms with Crippen molar-refractivity contribution in [1.82, 2.24) is 15.6 Å². The van der Waals surface area contributed by atoms with Crippen molar-refractivity contribution in [2.45, 2.75) is 64.0 Å². The van der Waals surface area contributed by atoms with Gasteiger partial charge in [-0.2, -0.15) is 0 Å². The third kappa shape index (κ3) is 6.26. The first kappa shape index (κ1) is 22.2. The van der Waals surface area contributed by atoms with E-state index in [-0.39, 0.29) is 18.1 Å². The van der Waals surface area contributed by atoms with Crippen LogP contribution in [0.15, 0.2) is 29.6 Å². The van der Waals surface area contributed by atoms with E-state index in [0.29, 0.717) is 22.8 Å². The fourth-order valence-electron chi connectivity index (χ4n) is 3.60. The number of halogens is 1. The second kappa shape index (κ2) is 9.12. The summed E-state index contributed by atoms with van der Waals surface area (Å²) in [4.78, 5) is 29.2. The molecule has 0 unspecified atom stereocenters. The number of nitrogens with one attached hydrogen (secondary N) is 2. The average molecular weight is 434 g/mol. The number of benzene rings is 1. The summed E-state index contributed by atoms with van der Waals surface area (Å²) < 4.78 is 18.7. The zero-order valence-corrected chi connectivity index (χ0v) is 18.4. The highest BCUT2D eigenvalue weighted by atomic mass is 32.1. The zero-order chi connectivity index (χ0) is 21.8. The molecule has 1 heterocycles. The van der Waals surface area contributed by atoms with Crippen molar-refractivity contribution < 1.29 is 18.7 Å². The minimum atomic E-state index is -0.569. The largest absolute Gasteiger partial charge is 0.444 e. The molecule has 1 aromatic heterocycles. The zero-order valence-electron chi connectivity index (χ0n) is 17.6. The Morgan fingerprint density at radius 2 is 2.00 bits per heavy atom. The van der Waals surface area contributed by atoms with Crippen LogP contribution >= 0.6 is 11.3 Å². The van der Waals surface area contributed by atoms with Gasteiger partial charge in [-0.05, 0) is 45.7 Å². The lowest BCUT2D eigenvalue weighted by atomic mass is 9.97. The quantitative estimate of drug-likeness (QED) is 0.706. The van der Waals surface area contributed by atoms with Crippen molar-refractivity contribution in [2.24, 2.45) is 0 Å². The number of hydrogen-bond donors (Lipinski definition) is 2. The highest BCUT2D eigenvalue weighted by Crippen LogP contribution is 2.30. The Hall–Kier alpha value is -2.48. The Balaban J connectivity index is 1.59. The van der Waals surface area contributed by atoms with Crippen LogP contribution in [0.1, 0.15) is 52.1 Å². The molecular formula is C22H28FN3O3S. The Kier molecular flexibility index (Phi) is 6.75. The van der Waals surface area contributed by atoms with Crippen LogP contribution < -0.4 is 10.6 Å². The number of alkyl carbamates (subject to hydrolysis) is 1. The number of ether oxygens (including phenoxy) is 1. The van der Waals surface area contributed by atoms with Gasteiger partial charge in [-0.15, -0.1) is 11.3 Å². The molecule has 1 fully saturated rings. The summed E-state index contributed by atoms with van der Waals surface area (Å²) in [7, 11) is 0. The molecule has 1 aliphatic carbocycles. The summed E-state index contributed by atoms with van der Waals surface area (Å²) in [6, 6.07) is 6.25. The summed E-state index contributed by atoms with van der Waals surface area (Å²) in [5, 5.41) is 8.41. The van der Waals surface area contributed by atoms with Gasteiger partial charge in [0.15, 0.2) is 0 Å². The average Bonchev–Trinajstić information content (AvgIpc) is 3.29. The molecule has 0 radical (unpaired) electrons. The molecule has 0 atom stereocenters. The lowest BCUT2D eigenvalue weighted by Gasteiger charge is -2.31. The number of aromatic nitrogens is 1. The maximum atomic E-state index is 13.4. The van der Waals surface area contributed by atoms with E-state index in [1.807, 2.05) is 26.2 Å². The van der Waals surface area contributed by atoms with Crippen LogP contribution in [-0.2, 0) is 16.0 Å². The van der Waals surface area contributed by atoms with Gasteiger partial charge in [-0.1, -0.05) is 25.0 Å². The maximum absolute atomic E-state index is 13.4. The third-order valence-corrected chi connectivity index (χ3v) is 5.84. The SMILES string of the molecule is CC(C)(C)OC(=O)NCC1(NC(=O)Cc2csc(-c3cccc(F)c3)n2)CCCC1. The van der Waals surface area contributed by atoms with E-state index in [2.05, 4.69) is 15.6 Å². The summed E-state index contributed by atoms with van der Waals surface area (Å²) in [6.45, 7) is 5.77. The molecule has 0 saturated heterocycles. The van der Waals surface area contributed by atoms with Crippen LogP contribution in [0.5, 0.6) is 0 Å². The highest BCUT2D eigenvalue weighted by Gasteiger charge is 2.36. The van der Waals surface area contributed by atoms with E-state index < -0.39 is 17.2 Å². The van der Waals surface area contributed by atoms with Crippen LogP contribution in [0, 0.1) is 5.82 Å². The van der Waals surface area contributed by atoms with Gasteiger partial charge >= 0.3 is 6.09 Å². The molecular weight excluding hydrogens is 405 g/mol. The van der Waals surface area contributed by atoms with Crippen LogP contribution in [0.2, 0.25) is 0 Å². The van der Waals surface area contributed by atoms with E-state index in [1.54, 1.807) is 12.1 Å². The molecule has 0 spiro atoms. The summed E-state index contributed by atoms with van der Waals surface area (Å²) in [6.07, 6.45) is 3.26. The predicted octanol–water partition coefficient (Wildman–Crippen LogP) is 4.45. The minimum Gasteiger partial charge on any atom is -0.444 e. The monoisotopic (exact) mass is 433 g/mol. The molecule has 0 aliphatic heterocycles. The van der Waals surface area contributed by atoms with E-state index in [1.165, 1.54) is 23.5 Å². The Morgan fingerprint density at radius 3 is 2.67 bits per heavy atom. The Morgan fingerprint density at radius 1 is 1.27 bits per heavy atom. The van der Waals surface area contributed by atoms with Crippen LogP contribution in [0.4, 0.5) is 9.18 Å². The number of hydrogen-bond acceptors (Lipinski definition) is 5. The molecule has 2 amide bonds. The fourth-order valence-corrected chi connectivity index (χ4v) is 4.42. The predicted molar refractivity (Wildman–Crippen MR) is 115 cm³/mol. The van der Waals surface area contributed by atoms with E-state index >= 15 is 0 Å². The van der Waals surface area contributed by atoms with Crippen molar-refractivity contribution in [1.29, 1.82) is 0 Å². The molecule has 162 valence electrons. The van der Waals surface area contributed by atoms with Gasteiger partial charge in [0.25, 0.3) is 0 Å². The molecule has 2 N–H and O–H groups in total. The number of thiazole rings is 1. The van der Waals surface area contributed by atoms with Crippen LogP contribution in [0.3, 0.4) is 0 Å².